The fourth-order valence-electron chi connectivity index (χ4n) is 2.51. The van der Waals surface area contributed by atoms with Gasteiger partial charge in [-0.3, -0.25) is 0 Å². The summed E-state index contributed by atoms with van der Waals surface area (Å²) in [5, 5.41) is 0. The Kier molecular flexibility index (Phi) is 6.39. The van der Waals surface area contributed by atoms with Crippen LogP contribution < -0.4 is 0 Å². The molecule has 0 heterocycles. The Labute approximate surface area is 95.9 Å². The third kappa shape index (κ3) is 5.01. The lowest BCUT2D eigenvalue weighted by atomic mass is 9.78. The SMILES string of the molecule is O=C=NCCC1CCCC(CCN=C=O)C1. The minimum Gasteiger partial charge on any atom is -0.211 e. The van der Waals surface area contributed by atoms with Crippen molar-refractivity contribution in [3.05, 3.63) is 0 Å². The largest absolute Gasteiger partial charge is 0.234 e. The Morgan fingerprint density at radius 2 is 1.44 bits per heavy atom. The van der Waals surface area contributed by atoms with Crippen LogP contribution >= 0.6 is 0 Å². The van der Waals surface area contributed by atoms with Crippen molar-refractivity contribution in [2.24, 2.45) is 21.8 Å². The molecule has 0 aliphatic heterocycles. The zero-order valence-electron chi connectivity index (χ0n) is 9.52. The van der Waals surface area contributed by atoms with Crippen LogP contribution in [0, 0.1) is 11.8 Å². The molecule has 4 heteroatoms. The summed E-state index contributed by atoms with van der Waals surface area (Å²) >= 11 is 0. The lowest BCUT2D eigenvalue weighted by Crippen LogP contribution is -2.17. The summed E-state index contributed by atoms with van der Waals surface area (Å²) in [4.78, 5) is 27.1. The monoisotopic (exact) mass is 222 g/mol. The summed E-state index contributed by atoms with van der Waals surface area (Å²) in [7, 11) is 0. The van der Waals surface area contributed by atoms with Crippen molar-refractivity contribution in [1.29, 1.82) is 0 Å². The minimum absolute atomic E-state index is 0.605. The van der Waals surface area contributed by atoms with E-state index in [1.165, 1.54) is 25.7 Å². The molecule has 0 aromatic heterocycles. The number of hydrogen-bond acceptors (Lipinski definition) is 4. The van der Waals surface area contributed by atoms with Crippen LogP contribution in [-0.2, 0) is 9.59 Å². The van der Waals surface area contributed by atoms with Gasteiger partial charge in [-0.1, -0.05) is 19.3 Å². The summed E-state index contributed by atoms with van der Waals surface area (Å²) in [6, 6.07) is 0. The van der Waals surface area contributed by atoms with E-state index in [9.17, 15) is 9.59 Å². The molecule has 4 nitrogen and oxygen atoms in total. The number of rotatable bonds is 6. The van der Waals surface area contributed by atoms with Gasteiger partial charge in [0.15, 0.2) is 0 Å². The average Bonchev–Trinajstić information content (AvgIpc) is 2.30. The zero-order chi connectivity index (χ0) is 11.6. The van der Waals surface area contributed by atoms with Gasteiger partial charge < -0.3 is 0 Å². The van der Waals surface area contributed by atoms with Crippen molar-refractivity contribution in [3.63, 3.8) is 0 Å². The van der Waals surface area contributed by atoms with E-state index in [2.05, 4.69) is 9.98 Å². The standard InChI is InChI=1S/C12H18N2O2/c15-9-13-6-4-11-2-1-3-12(8-11)5-7-14-10-16/h11-12H,1-8H2. The predicted molar refractivity (Wildman–Crippen MR) is 60.7 cm³/mol. The molecule has 0 aromatic carbocycles. The number of aliphatic imine (C=N–C) groups is 2. The van der Waals surface area contributed by atoms with Crippen molar-refractivity contribution >= 4 is 12.2 Å². The molecule has 0 saturated heterocycles. The molecule has 0 amide bonds. The minimum atomic E-state index is 0.605. The third-order valence-corrected chi connectivity index (χ3v) is 3.32. The first-order valence-electron chi connectivity index (χ1n) is 5.94. The number of nitrogens with zero attached hydrogens (tertiary/aromatic N) is 2. The van der Waals surface area contributed by atoms with E-state index in [1.807, 2.05) is 0 Å². The number of isocyanates is 2. The van der Waals surface area contributed by atoms with E-state index >= 15 is 0 Å². The van der Waals surface area contributed by atoms with Gasteiger partial charge in [-0.2, -0.15) is 0 Å². The van der Waals surface area contributed by atoms with E-state index in [4.69, 9.17) is 0 Å². The Morgan fingerprint density at radius 3 is 1.88 bits per heavy atom. The van der Waals surface area contributed by atoms with Crippen LogP contribution in [0.15, 0.2) is 9.98 Å². The van der Waals surface area contributed by atoms with Crippen LogP contribution in [0.1, 0.15) is 38.5 Å². The van der Waals surface area contributed by atoms with Gasteiger partial charge in [-0.05, 0) is 31.1 Å². The lowest BCUT2D eigenvalue weighted by molar-refractivity contribution is 0.249. The Bertz CT molecular complexity index is 263. The van der Waals surface area contributed by atoms with Crippen LogP contribution in [0.3, 0.4) is 0 Å². The third-order valence-electron chi connectivity index (χ3n) is 3.32. The summed E-state index contributed by atoms with van der Waals surface area (Å²) in [6.07, 6.45) is 10.0. The Hall–Kier alpha value is -1.24. The van der Waals surface area contributed by atoms with Crippen LogP contribution in [0.2, 0.25) is 0 Å². The fraction of sp³-hybridized carbons (Fsp3) is 0.833. The normalized spacial score (nSPS) is 24.2. The van der Waals surface area contributed by atoms with Crippen LogP contribution in [0.25, 0.3) is 0 Å². The predicted octanol–water partition coefficient (Wildman–Crippen LogP) is 2.24. The second-order valence-electron chi connectivity index (χ2n) is 4.42. The second kappa shape index (κ2) is 7.98. The molecule has 16 heavy (non-hydrogen) atoms. The van der Waals surface area contributed by atoms with Gasteiger partial charge in [0, 0.05) is 0 Å². The molecule has 0 spiro atoms. The molecule has 0 radical (unpaired) electrons. The summed E-state index contributed by atoms with van der Waals surface area (Å²) in [5.74, 6) is 1.35. The maximum Gasteiger partial charge on any atom is 0.234 e. The van der Waals surface area contributed by atoms with Gasteiger partial charge >= 0.3 is 0 Å². The quantitative estimate of drug-likeness (QED) is 0.511. The van der Waals surface area contributed by atoms with Gasteiger partial charge in [0.1, 0.15) is 0 Å². The Morgan fingerprint density at radius 1 is 0.938 bits per heavy atom. The first kappa shape index (κ1) is 12.8. The topological polar surface area (TPSA) is 58.9 Å². The van der Waals surface area contributed by atoms with Crippen molar-refractivity contribution < 1.29 is 9.59 Å². The van der Waals surface area contributed by atoms with Crippen LogP contribution in [0.4, 0.5) is 0 Å². The highest BCUT2D eigenvalue weighted by Gasteiger charge is 2.21. The molecule has 0 aromatic rings. The van der Waals surface area contributed by atoms with Gasteiger partial charge in [-0.25, -0.2) is 19.6 Å². The van der Waals surface area contributed by atoms with E-state index in [-0.39, 0.29) is 0 Å². The van der Waals surface area contributed by atoms with Crippen LogP contribution in [0.5, 0.6) is 0 Å². The summed E-state index contributed by atoms with van der Waals surface area (Å²) in [6.45, 7) is 1.21. The number of hydrogen-bond donors (Lipinski definition) is 0. The van der Waals surface area contributed by atoms with Crippen molar-refractivity contribution in [1.82, 2.24) is 0 Å². The molecule has 1 fully saturated rings. The fourth-order valence-corrected chi connectivity index (χ4v) is 2.51. The first-order valence-corrected chi connectivity index (χ1v) is 5.94. The molecule has 1 saturated carbocycles. The first-order chi connectivity index (χ1) is 7.86. The van der Waals surface area contributed by atoms with Crippen molar-refractivity contribution in [2.45, 2.75) is 38.5 Å². The lowest BCUT2D eigenvalue weighted by Gasteiger charge is -2.28. The van der Waals surface area contributed by atoms with Gasteiger partial charge in [0.25, 0.3) is 0 Å². The molecule has 2 unspecified atom stereocenters. The molecule has 1 aliphatic rings. The molecule has 2 atom stereocenters. The summed E-state index contributed by atoms with van der Waals surface area (Å²) in [5.41, 5.74) is 0. The van der Waals surface area contributed by atoms with E-state index < -0.39 is 0 Å². The molecule has 1 aliphatic carbocycles. The maximum absolute atomic E-state index is 9.94. The molecule has 0 N–H and O–H groups in total. The van der Waals surface area contributed by atoms with Gasteiger partial charge in [-0.15, -0.1) is 0 Å². The van der Waals surface area contributed by atoms with Gasteiger partial charge in [0.2, 0.25) is 12.2 Å². The van der Waals surface area contributed by atoms with Crippen LogP contribution in [-0.4, -0.2) is 25.2 Å². The van der Waals surface area contributed by atoms with Crippen molar-refractivity contribution in [3.8, 4) is 0 Å². The molecular formula is C12H18N2O2. The van der Waals surface area contributed by atoms with E-state index in [0.29, 0.717) is 24.9 Å². The summed E-state index contributed by atoms with van der Waals surface area (Å²) < 4.78 is 0. The molecule has 1 rings (SSSR count). The molecule has 88 valence electrons. The molecular weight excluding hydrogens is 204 g/mol. The highest BCUT2D eigenvalue weighted by atomic mass is 16.1. The smallest absolute Gasteiger partial charge is 0.211 e. The highest BCUT2D eigenvalue weighted by Crippen LogP contribution is 2.32. The second-order valence-corrected chi connectivity index (χ2v) is 4.42. The van der Waals surface area contributed by atoms with Crippen molar-refractivity contribution in [2.75, 3.05) is 13.1 Å². The van der Waals surface area contributed by atoms with E-state index in [0.717, 1.165) is 12.8 Å². The van der Waals surface area contributed by atoms with E-state index in [1.54, 1.807) is 12.2 Å². The highest BCUT2D eigenvalue weighted by molar-refractivity contribution is 5.32. The zero-order valence-corrected chi connectivity index (χ0v) is 9.52. The number of carbonyl (C=O) groups excluding carboxylic acids is 2. The maximum atomic E-state index is 9.94. The molecule has 0 bridgehead atoms. The van der Waals surface area contributed by atoms with Gasteiger partial charge in [0.05, 0.1) is 13.1 Å². The Balaban J connectivity index is 2.23. The average molecular weight is 222 g/mol.